The molecule has 2 aromatic heterocycles. The Hall–Kier alpha value is -3.94. The van der Waals surface area contributed by atoms with E-state index in [1.807, 2.05) is 19.9 Å². The van der Waals surface area contributed by atoms with Crippen molar-refractivity contribution in [3.05, 3.63) is 96.7 Å². The maximum atomic E-state index is 12.7. The van der Waals surface area contributed by atoms with Gasteiger partial charge in [-0.1, -0.05) is 67.2 Å². The van der Waals surface area contributed by atoms with Gasteiger partial charge in [0.2, 0.25) is 0 Å². The average Bonchev–Trinajstić information content (AvgIpc) is 3.32. The third kappa shape index (κ3) is 5.81. The number of imidazole rings is 1. The van der Waals surface area contributed by atoms with Gasteiger partial charge in [0, 0.05) is 37.5 Å². The summed E-state index contributed by atoms with van der Waals surface area (Å²) in [7, 11) is 1.71. The summed E-state index contributed by atoms with van der Waals surface area (Å²) in [5, 5.41) is 6.57. The van der Waals surface area contributed by atoms with Gasteiger partial charge in [-0.3, -0.25) is 4.40 Å². The van der Waals surface area contributed by atoms with Crippen LogP contribution >= 0.6 is 0 Å². The van der Waals surface area contributed by atoms with Crippen molar-refractivity contribution in [2.24, 2.45) is 0 Å². The zero-order valence-electron chi connectivity index (χ0n) is 23.6. The number of methoxy groups -OCH3 is 1. The fourth-order valence-electron chi connectivity index (χ4n) is 5.14. The molecule has 2 aromatic carbocycles. The van der Waals surface area contributed by atoms with E-state index < -0.39 is 17.2 Å². The van der Waals surface area contributed by atoms with E-state index in [0.29, 0.717) is 6.61 Å². The van der Waals surface area contributed by atoms with Crippen LogP contribution in [-0.2, 0) is 21.6 Å². The summed E-state index contributed by atoms with van der Waals surface area (Å²) >= 11 is 0. The van der Waals surface area contributed by atoms with Crippen LogP contribution in [0.1, 0.15) is 44.2 Å². The van der Waals surface area contributed by atoms with Crippen LogP contribution in [0.5, 0.6) is 0 Å². The lowest BCUT2D eigenvalue weighted by Gasteiger charge is -2.43. The highest BCUT2D eigenvalue weighted by atomic mass is 16.6. The third-order valence-corrected chi connectivity index (χ3v) is 7.65. The number of pyridine rings is 1. The lowest BCUT2D eigenvalue weighted by molar-refractivity contribution is 0.0542. The molecule has 0 unspecified atom stereocenters. The number of hydrogen-bond acceptors (Lipinski definition) is 5. The van der Waals surface area contributed by atoms with Crippen LogP contribution in [0.2, 0.25) is 0 Å². The van der Waals surface area contributed by atoms with E-state index in [9.17, 15) is 4.79 Å². The number of nitrogens with one attached hydrogen (secondary N) is 2. The molecule has 1 aliphatic rings. The molecule has 2 N–H and O–H groups in total. The smallest absolute Gasteiger partial charge is 0.408 e. The van der Waals surface area contributed by atoms with Gasteiger partial charge >= 0.3 is 6.09 Å². The van der Waals surface area contributed by atoms with Gasteiger partial charge in [-0.15, -0.1) is 0 Å². The third-order valence-electron chi connectivity index (χ3n) is 7.65. The van der Waals surface area contributed by atoms with Gasteiger partial charge in [0.1, 0.15) is 11.2 Å². The van der Waals surface area contributed by atoms with Gasteiger partial charge in [-0.25, -0.2) is 9.78 Å². The Balaban J connectivity index is 1.46. The van der Waals surface area contributed by atoms with Crippen molar-refractivity contribution in [1.82, 2.24) is 20.0 Å². The van der Waals surface area contributed by atoms with Crippen LogP contribution in [0.15, 0.2) is 85.6 Å². The Bertz CT molecular complexity index is 1470. The molecule has 5 rings (SSSR count). The molecule has 1 aliphatic carbocycles. The topological polar surface area (TPSA) is 76.9 Å². The maximum absolute atomic E-state index is 12.7. The molecule has 1 amide bonds. The number of ether oxygens (including phenoxy) is 2. The molecule has 7 nitrogen and oxygen atoms in total. The first-order valence-corrected chi connectivity index (χ1v) is 13.9. The molecule has 4 aromatic rings. The predicted octanol–water partition coefficient (Wildman–Crippen LogP) is 6.47. The van der Waals surface area contributed by atoms with Crippen LogP contribution in [0, 0.1) is 0 Å². The van der Waals surface area contributed by atoms with Crippen LogP contribution < -0.4 is 10.6 Å². The number of amides is 1. The summed E-state index contributed by atoms with van der Waals surface area (Å²) in [4.78, 5) is 17.8. The molecule has 0 spiro atoms. The molecule has 1 saturated carbocycles. The molecule has 0 atom stereocenters. The Morgan fingerprint density at radius 3 is 2.48 bits per heavy atom. The Morgan fingerprint density at radius 1 is 1.07 bits per heavy atom. The monoisotopic (exact) mass is 538 g/mol. The number of carbonyl (C=O) groups is 1. The van der Waals surface area contributed by atoms with Crippen molar-refractivity contribution in [3.8, 4) is 22.5 Å². The standard InChI is InChI=1S/C33H38N4O3/c1-5-32(2,3)40-31(38)36-33(18-9-19-33)27-15-13-25(14-16-27)29-30(26-10-7-6-8-11-26)37-23-24(12-17-28(37)35-29)22-34-20-21-39-4/h5-8,10-17,23,34H,1,9,18-22H2,2-4H3,(H,36,38). The van der Waals surface area contributed by atoms with E-state index in [1.54, 1.807) is 13.2 Å². The van der Waals surface area contributed by atoms with Crippen LogP contribution in [0.3, 0.4) is 0 Å². The van der Waals surface area contributed by atoms with Crippen LogP contribution in [0.4, 0.5) is 4.79 Å². The number of hydrogen-bond donors (Lipinski definition) is 2. The second-order valence-corrected chi connectivity index (χ2v) is 10.9. The van der Waals surface area contributed by atoms with Crippen molar-refractivity contribution in [3.63, 3.8) is 0 Å². The van der Waals surface area contributed by atoms with E-state index in [4.69, 9.17) is 14.5 Å². The molecular formula is C33H38N4O3. The lowest BCUT2D eigenvalue weighted by atomic mass is 9.71. The molecule has 7 heteroatoms. The zero-order chi connectivity index (χ0) is 28.2. The van der Waals surface area contributed by atoms with E-state index >= 15 is 0 Å². The highest BCUT2D eigenvalue weighted by Gasteiger charge is 2.41. The number of carbonyl (C=O) groups excluding carboxylic acids is 1. The molecule has 0 saturated heterocycles. The minimum atomic E-state index is -0.726. The van der Waals surface area contributed by atoms with Crippen molar-refractivity contribution >= 4 is 11.7 Å². The number of aromatic nitrogens is 2. The van der Waals surface area contributed by atoms with Gasteiger partial charge < -0.3 is 20.1 Å². The van der Waals surface area contributed by atoms with Gasteiger partial charge in [0.15, 0.2) is 0 Å². The van der Waals surface area contributed by atoms with Crippen molar-refractivity contribution in [2.75, 3.05) is 20.3 Å². The molecule has 208 valence electrons. The number of benzene rings is 2. The summed E-state index contributed by atoms with van der Waals surface area (Å²) in [5.74, 6) is 0. The SMILES string of the molecule is C=CC(C)(C)OC(=O)NC1(c2ccc(-c3nc4ccc(CNCCOC)cn4c3-c3ccccc3)cc2)CCC1. The molecule has 1 fully saturated rings. The second kappa shape index (κ2) is 11.7. The molecule has 0 aliphatic heterocycles. The summed E-state index contributed by atoms with van der Waals surface area (Å²) in [6.07, 6.45) is 6.18. The summed E-state index contributed by atoms with van der Waals surface area (Å²) in [5.41, 5.74) is 6.09. The van der Waals surface area contributed by atoms with Crippen molar-refractivity contribution < 1.29 is 14.3 Å². The molecule has 0 bridgehead atoms. The Labute approximate surface area is 236 Å². The van der Waals surface area contributed by atoms with E-state index in [0.717, 1.165) is 66.1 Å². The predicted molar refractivity (Wildman–Crippen MR) is 159 cm³/mol. The molecule has 40 heavy (non-hydrogen) atoms. The van der Waals surface area contributed by atoms with Gasteiger partial charge in [0.25, 0.3) is 0 Å². The fourth-order valence-corrected chi connectivity index (χ4v) is 5.14. The van der Waals surface area contributed by atoms with E-state index in [2.05, 4.69) is 88.5 Å². The summed E-state index contributed by atoms with van der Waals surface area (Å²) in [6.45, 7) is 9.62. The Morgan fingerprint density at radius 2 is 1.82 bits per heavy atom. The summed E-state index contributed by atoms with van der Waals surface area (Å²) < 4.78 is 12.9. The summed E-state index contributed by atoms with van der Waals surface area (Å²) in [6, 6.07) is 23.0. The van der Waals surface area contributed by atoms with Gasteiger partial charge in [-0.05, 0) is 56.4 Å². The first kappa shape index (κ1) is 27.6. The lowest BCUT2D eigenvalue weighted by Crippen LogP contribution is -2.52. The number of rotatable bonds is 11. The van der Waals surface area contributed by atoms with Crippen LogP contribution in [0.25, 0.3) is 28.2 Å². The minimum absolute atomic E-state index is 0.418. The minimum Gasteiger partial charge on any atom is -0.439 e. The number of nitrogens with zero attached hydrogens (tertiary/aromatic N) is 2. The maximum Gasteiger partial charge on any atom is 0.408 e. The van der Waals surface area contributed by atoms with E-state index in [1.165, 1.54) is 5.56 Å². The largest absolute Gasteiger partial charge is 0.439 e. The second-order valence-electron chi connectivity index (χ2n) is 10.9. The van der Waals surface area contributed by atoms with Crippen molar-refractivity contribution in [2.45, 2.75) is 50.8 Å². The average molecular weight is 539 g/mol. The number of fused-ring (bicyclic) bond motifs is 1. The highest BCUT2D eigenvalue weighted by molar-refractivity contribution is 5.82. The van der Waals surface area contributed by atoms with Gasteiger partial charge in [0.05, 0.1) is 23.5 Å². The van der Waals surface area contributed by atoms with Gasteiger partial charge in [-0.2, -0.15) is 0 Å². The van der Waals surface area contributed by atoms with Crippen LogP contribution in [-0.4, -0.2) is 41.3 Å². The first-order chi connectivity index (χ1) is 19.3. The Kier molecular flexibility index (Phi) is 8.05. The zero-order valence-corrected chi connectivity index (χ0v) is 23.6. The van der Waals surface area contributed by atoms with E-state index in [-0.39, 0.29) is 0 Å². The van der Waals surface area contributed by atoms with Crippen molar-refractivity contribution in [1.29, 1.82) is 0 Å². The normalized spacial score (nSPS) is 14.5. The fraction of sp³-hybridized carbons (Fsp3) is 0.333. The molecule has 0 radical (unpaired) electrons. The number of alkyl carbamates (subject to hydrolysis) is 1. The quantitative estimate of drug-likeness (QED) is 0.169. The molecule has 2 heterocycles. The first-order valence-electron chi connectivity index (χ1n) is 13.9. The molecular weight excluding hydrogens is 500 g/mol. The highest BCUT2D eigenvalue weighted by Crippen LogP contribution is 2.42.